The molecule has 7 heteroatoms. The number of hydrogen-bond acceptors (Lipinski definition) is 4. The van der Waals surface area contributed by atoms with Gasteiger partial charge in [-0.25, -0.2) is 0 Å². The van der Waals surface area contributed by atoms with Crippen molar-refractivity contribution in [2.75, 3.05) is 53.4 Å². The molecule has 6 nitrogen and oxygen atoms in total. The lowest BCUT2D eigenvalue weighted by atomic mass is 10.1. The van der Waals surface area contributed by atoms with Crippen LogP contribution in [0.2, 0.25) is 0 Å². The number of hydrogen-bond donors (Lipinski definition) is 1. The predicted molar refractivity (Wildman–Crippen MR) is 127 cm³/mol. The smallest absolute Gasteiger partial charge is 0.193 e. The van der Waals surface area contributed by atoms with E-state index >= 15 is 0 Å². The molecule has 2 unspecified atom stereocenters. The maximum atomic E-state index is 6.03. The molecule has 1 saturated heterocycles. The van der Waals surface area contributed by atoms with Gasteiger partial charge in [-0.05, 0) is 44.5 Å². The van der Waals surface area contributed by atoms with E-state index in [0.29, 0.717) is 12.5 Å². The summed E-state index contributed by atoms with van der Waals surface area (Å²) in [5.41, 5.74) is 0. The molecule has 1 N–H and O–H groups in total. The van der Waals surface area contributed by atoms with E-state index in [1.807, 2.05) is 31.3 Å². The van der Waals surface area contributed by atoms with E-state index in [1.54, 1.807) is 7.11 Å². The second-order valence-corrected chi connectivity index (χ2v) is 7.09. The zero-order valence-electron chi connectivity index (χ0n) is 18.0. The van der Waals surface area contributed by atoms with Gasteiger partial charge in [-0.15, -0.1) is 24.0 Å². The first kappa shape index (κ1) is 24.8. The normalized spacial score (nSPS) is 18.0. The van der Waals surface area contributed by atoms with E-state index in [-0.39, 0.29) is 30.1 Å². The summed E-state index contributed by atoms with van der Waals surface area (Å²) in [6.07, 6.45) is 1.23. The third-order valence-corrected chi connectivity index (χ3v) is 5.15. The number of nitrogens with zero attached hydrogens (tertiary/aromatic N) is 3. The highest BCUT2D eigenvalue weighted by molar-refractivity contribution is 14.0. The van der Waals surface area contributed by atoms with Crippen molar-refractivity contribution in [2.24, 2.45) is 10.9 Å². The van der Waals surface area contributed by atoms with Gasteiger partial charge in [0.25, 0.3) is 0 Å². The van der Waals surface area contributed by atoms with Crippen LogP contribution in [0.15, 0.2) is 29.3 Å². The van der Waals surface area contributed by atoms with Gasteiger partial charge in [0.1, 0.15) is 6.10 Å². The fourth-order valence-corrected chi connectivity index (χ4v) is 3.56. The number of methoxy groups -OCH3 is 1. The number of halogens is 1. The summed E-state index contributed by atoms with van der Waals surface area (Å²) >= 11 is 0. The number of rotatable bonds is 9. The van der Waals surface area contributed by atoms with Crippen molar-refractivity contribution in [3.63, 3.8) is 0 Å². The van der Waals surface area contributed by atoms with Crippen molar-refractivity contribution in [1.82, 2.24) is 15.1 Å². The van der Waals surface area contributed by atoms with Crippen LogP contribution in [0, 0.1) is 5.92 Å². The van der Waals surface area contributed by atoms with E-state index in [9.17, 15) is 0 Å². The Balaban J connectivity index is 0.00000392. The molecule has 1 aliphatic rings. The molecule has 0 amide bonds. The number of guanidine groups is 1. The van der Waals surface area contributed by atoms with Crippen LogP contribution >= 0.6 is 24.0 Å². The predicted octanol–water partition coefficient (Wildman–Crippen LogP) is 3.32. The van der Waals surface area contributed by atoms with Crippen LogP contribution in [-0.2, 0) is 0 Å². The van der Waals surface area contributed by atoms with Gasteiger partial charge in [-0.1, -0.05) is 26.0 Å². The molecule has 2 atom stereocenters. The van der Waals surface area contributed by atoms with Crippen LogP contribution in [0.1, 0.15) is 27.2 Å². The Hall–Kier alpha value is -1.22. The van der Waals surface area contributed by atoms with E-state index in [0.717, 1.165) is 43.6 Å². The average Bonchev–Trinajstić information content (AvgIpc) is 3.15. The summed E-state index contributed by atoms with van der Waals surface area (Å²) in [4.78, 5) is 9.35. The fourth-order valence-electron chi connectivity index (χ4n) is 3.56. The van der Waals surface area contributed by atoms with Crippen LogP contribution in [0.5, 0.6) is 11.5 Å². The zero-order chi connectivity index (χ0) is 19.6. The molecule has 0 aromatic heterocycles. The number of nitrogens with one attached hydrogen (secondary N) is 1. The lowest BCUT2D eigenvalue weighted by molar-refractivity contribution is 0.212. The molecule has 0 aliphatic carbocycles. The first-order chi connectivity index (χ1) is 13.1. The summed E-state index contributed by atoms with van der Waals surface area (Å²) in [6, 6.07) is 7.74. The Kier molecular flexibility index (Phi) is 11.6. The van der Waals surface area contributed by atoms with Crippen molar-refractivity contribution < 1.29 is 9.47 Å². The zero-order valence-corrected chi connectivity index (χ0v) is 20.3. The van der Waals surface area contributed by atoms with Gasteiger partial charge in [-0.2, -0.15) is 0 Å². The lowest BCUT2D eigenvalue weighted by Gasteiger charge is -2.25. The van der Waals surface area contributed by atoms with E-state index in [2.05, 4.69) is 40.9 Å². The van der Waals surface area contributed by atoms with Gasteiger partial charge in [0.2, 0.25) is 0 Å². The summed E-state index contributed by atoms with van der Waals surface area (Å²) < 4.78 is 11.4. The first-order valence-electron chi connectivity index (χ1n) is 10.1. The van der Waals surface area contributed by atoms with Gasteiger partial charge in [0, 0.05) is 26.7 Å². The van der Waals surface area contributed by atoms with Gasteiger partial charge < -0.3 is 24.6 Å². The standard InChI is InChI=1S/C21H36N4O2.HI/c1-6-24(7-2)15-18-12-13-25(16-18)21(22-4)23-14-17(3)27-20-11-9-8-10-19(20)26-5;/h8-11,17-18H,6-7,12-16H2,1-5H3,(H,22,23);1H. The quantitative estimate of drug-likeness (QED) is 0.318. The van der Waals surface area contributed by atoms with Gasteiger partial charge in [0.05, 0.1) is 13.7 Å². The molecule has 0 saturated carbocycles. The fraction of sp³-hybridized carbons (Fsp3) is 0.667. The highest BCUT2D eigenvalue weighted by atomic mass is 127. The minimum absolute atomic E-state index is 0. The average molecular weight is 504 g/mol. The van der Waals surface area contributed by atoms with Crippen molar-refractivity contribution in [3.05, 3.63) is 24.3 Å². The van der Waals surface area contributed by atoms with Crippen molar-refractivity contribution in [3.8, 4) is 11.5 Å². The molecule has 28 heavy (non-hydrogen) atoms. The Bertz CT molecular complexity index is 596. The number of likely N-dealkylation sites (tertiary alicyclic amines) is 1. The van der Waals surface area contributed by atoms with E-state index in [4.69, 9.17) is 9.47 Å². The highest BCUT2D eigenvalue weighted by Gasteiger charge is 2.26. The minimum Gasteiger partial charge on any atom is -0.493 e. The third kappa shape index (κ3) is 7.31. The molecule has 0 bridgehead atoms. The number of aliphatic imine (C=N–C) groups is 1. The maximum Gasteiger partial charge on any atom is 0.193 e. The number of benzene rings is 1. The molecule has 0 radical (unpaired) electrons. The molecule has 2 rings (SSSR count). The molecule has 1 fully saturated rings. The highest BCUT2D eigenvalue weighted by Crippen LogP contribution is 2.26. The Labute approximate surface area is 187 Å². The number of para-hydroxylation sites is 2. The van der Waals surface area contributed by atoms with Crippen molar-refractivity contribution >= 4 is 29.9 Å². The van der Waals surface area contributed by atoms with Crippen molar-refractivity contribution in [2.45, 2.75) is 33.3 Å². The topological polar surface area (TPSA) is 49.3 Å². The summed E-state index contributed by atoms with van der Waals surface area (Å²) in [5.74, 6) is 3.20. The Morgan fingerprint density at radius 1 is 1.29 bits per heavy atom. The molecule has 1 aromatic rings. The van der Waals surface area contributed by atoms with Gasteiger partial charge in [0.15, 0.2) is 17.5 Å². The van der Waals surface area contributed by atoms with E-state index < -0.39 is 0 Å². The summed E-state index contributed by atoms with van der Waals surface area (Å²) in [7, 11) is 3.51. The van der Waals surface area contributed by atoms with Crippen LogP contribution in [0.25, 0.3) is 0 Å². The van der Waals surface area contributed by atoms with Gasteiger partial charge in [-0.3, -0.25) is 4.99 Å². The van der Waals surface area contributed by atoms with Crippen molar-refractivity contribution in [1.29, 1.82) is 0 Å². The summed E-state index contributed by atoms with van der Waals surface area (Å²) in [5, 5.41) is 3.47. The molecule has 160 valence electrons. The van der Waals surface area contributed by atoms with E-state index in [1.165, 1.54) is 13.0 Å². The maximum absolute atomic E-state index is 6.03. The largest absolute Gasteiger partial charge is 0.493 e. The SMILES string of the molecule is CCN(CC)CC1CCN(C(=NC)NCC(C)Oc2ccccc2OC)C1.I. The molecular weight excluding hydrogens is 467 g/mol. The second kappa shape index (κ2) is 13.1. The molecule has 1 aromatic carbocycles. The van der Waals surface area contributed by atoms with Crippen LogP contribution < -0.4 is 14.8 Å². The van der Waals surface area contributed by atoms with Crippen LogP contribution in [0.4, 0.5) is 0 Å². The molecule has 1 heterocycles. The summed E-state index contributed by atoms with van der Waals surface area (Å²) in [6.45, 7) is 12.8. The second-order valence-electron chi connectivity index (χ2n) is 7.09. The monoisotopic (exact) mass is 504 g/mol. The Morgan fingerprint density at radius 2 is 1.96 bits per heavy atom. The minimum atomic E-state index is 0. The number of ether oxygens (including phenoxy) is 2. The molecule has 1 aliphatic heterocycles. The first-order valence-corrected chi connectivity index (χ1v) is 10.1. The van der Waals surface area contributed by atoms with Crippen LogP contribution in [-0.4, -0.2) is 75.3 Å². The molecule has 0 spiro atoms. The Morgan fingerprint density at radius 3 is 2.57 bits per heavy atom. The van der Waals surface area contributed by atoms with Crippen LogP contribution in [0.3, 0.4) is 0 Å². The lowest BCUT2D eigenvalue weighted by Crippen LogP contribution is -2.44. The third-order valence-electron chi connectivity index (χ3n) is 5.15. The van der Waals surface area contributed by atoms with Gasteiger partial charge >= 0.3 is 0 Å². The molecular formula is C21H37IN4O2.